The van der Waals surface area contributed by atoms with Gasteiger partial charge in [0.15, 0.2) is 11.6 Å². The fraction of sp³-hybridized carbons (Fsp3) is 0.111. The first-order chi connectivity index (χ1) is 14.5. The number of primary amides is 1. The van der Waals surface area contributed by atoms with Gasteiger partial charge in [-0.3, -0.25) is 14.6 Å². The standard InChI is InChI=1S/C18H12F5N5O3/c1-31-14-8(2-3-9(19)11(14)20)12-13(28-17(27-12)18(21,22)23)16(30)26-7-4-5-25-10(6-7)15(24)29/h2-6H,1H3,(H2,24,29)(H,27,28)(H,25,26,30). The van der Waals surface area contributed by atoms with Crippen molar-refractivity contribution in [3.63, 3.8) is 0 Å². The molecule has 2 amide bonds. The molecule has 0 radical (unpaired) electrons. The molecule has 0 bridgehead atoms. The minimum absolute atomic E-state index is 0.0137. The third-order valence-electron chi connectivity index (χ3n) is 3.98. The predicted molar refractivity (Wildman–Crippen MR) is 96.2 cm³/mol. The number of hydrogen-bond acceptors (Lipinski definition) is 5. The summed E-state index contributed by atoms with van der Waals surface area (Å²) in [6.45, 7) is 0. The number of benzene rings is 1. The van der Waals surface area contributed by atoms with Crippen LogP contribution >= 0.6 is 0 Å². The highest BCUT2D eigenvalue weighted by molar-refractivity contribution is 6.07. The highest BCUT2D eigenvalue weighted by atomic mass is 19.4. The third-order valence-corrected chi connectivity index (χ3v) is 3.98. The van der Waals surface area contributed by atoms with Crippen LogP contribution in [0.15, 0.2) is 30.5 Å². The van der Waals surface area contributed by atoms with E-state index in [4.69, 9.17) is 10.5 Å². The Morgan fingerprint density at radius 1 is 1.19 bits per heavy atom. The lowest BCUT2D eigenvalue weighted by Gasteiger charge is -2.10. The Balaban J connectivity index is 2.12. The summed E-state index contributed by atoms with van der Waals surface area (Å²) < 4.78 is 72.0. The van der Waals surface area contributed by atoms with Gasteiger partial charge in [-0.05, 0) is 24.3 Å². The number of pyridine rings is 1. The number of amides is 2. The molecule has 3 aromatic rings. The molecular weight excluding hydrogens is 429 g/mol. The van der Waals surface area contributed by atoms with Crippen LogP contribution in [0.3, 0.4) is 0 Å². The van der Waals surface area contributed by atoms with Gasteiger partial charge in [-0.2, -0.15) is 17.6 Å². The van der Waals surface area contributed by atoms with E-state index < -0.39 is 58.2 Å². The zero-order valence-electron chi connectivity index (χ0n) is 15.5. The maximum absolute atomic E-state index is 14.1. The van der Waals surface area contributed by atoms with E-state index in [1.54, 1.807) is 0 Å². The van der Waals surface area contributed by atoms with Crippen LogP contribution in [0.4, 0.5) is 27.6 Å². The van der Waals surface area contributed by atoms with Gasteiger partial charge in [-0.25, -0.2) is 9.37 Å². The van der Waals surface area contributed by atoms with Crippen LogP contribution in [-0.4, -0.2) is 33.9 Å². The molecule has 0 saturated heterocycles. The Hall–Kier alpha value is -4.03. The number of carbonyl (C=O) groups is 2. The van der Waals surface area contributed by atoms with E-state index >= 15 is 0 Å². The molecule has 2 aromatic heterocycles. The summed E-state index contributed by atoms with van der Waals surface area (Å²) >= 11 is 0. The van der Waals surface area contributed by atoms with Gasteiger partial charge in [-0.1, -0.05) is 0 Å². The molecule has 162 valence electrons. The zero-order chi connectivity index (χ0) is 22.9. The molecule has 31 heavy (non-hydrogen) atoms. The number of aromatic nitrogens is 3. The number of aromatic amines is 1. The maximum Gasteiger partial charge on any atom is 0.449 e. The van der Waals surface area contributed by atoms with E-state index in [0.717, 1.165) is 25.4 Å². The summed E-state index contributed by atoms with van der Waals surface area (Å²) in [5.41, 5.74) is 3.13. The first kappa shape index (κ1) is 21.7. The van der Waals surface area contributed by atoms with Crippen LogP contribution < -0.4 is 15.8 Å². The van der Waals surface area contributed by atoms with Gasteiger partial charge >= 0.3 is 6.18 Å². The molecule has 8 nitrogen and oxygen atoms in total. The predicted octanol–water partition coefficient (Wildman–Crippen LogP) is 3.13. The lowest BCUT2D eigenvalue weighted by molar-refractivity contribution is -0.144. The average molecular weight is 441 g/mol. The molecule has 0 saturated carbocycles. The van der Waals surface area contributed by atoms with Crippen LogP contribution in [0.5, 0.6) is 5.75 Å². The van der Waals surface area contributed by atoms with E-state index in [1.165, 1.54) is 6.07 Å². The summed E-state index contributed by atoms with van der Waals surface area (Å²) in [6.07, 6.45) is -3.84. The summed E-state index contributed by atoms with van der Waals surface area (Å²) in [5.74, 6) is -7.09. The van der Waals surface area contributed by atoms with Crippen molar-refractivity contribution in [3.8, 4) is 17.0 Å². The molecular formula is C18H12F5N5O3. The second-order valence-electron chi connectivity index (χ2n) is 6.00. The molecule has 0 atom stereocenters. The van der Waals surface area contributed by atoms with Crippen LogP contribution in [0.25, 0.3) is 11.3 Å². The molecule has 3 rings (SSSR count). The lowest BCUT2D eigenvalue weighted by Crippen LogP contribution is -2.17. The fourth-order valence-electron chi connectivity index (χ4n) is 2.62. The number of nitrogens with one attached hydrogen (secondary N) is 2. The molecule has 0 aliphatic carbocycles. The third kappa shape index (κ3) is 4.29. The fourth-order valence-corrected chi connectivity index (χ4v) is 2.62. The first-order valence-corrected chi connectivity index (χ1v) is 8.29. The summed E-state index contributed by atoms with van der Waals surface area (Å²) in [5, 5.41) is 2.26. The minimum atomic E-state index is -4.98. The first-order valence-electron chi connectivity index (χ1n) is 8.29. The van der Waals surface area contributed by atoms with E-state index in [9.17, 15) is 31.5 Å². The molecule has 0 aliphatic rings. The number of nitrogens with zero attached hydrogens (tertiary/aromatic N) is 2. The number of H-pyrrole nitrogens is 1. The van der Waals surface area contributed by atoms with Crippen molar-refractivity contribution in [2.45, 2.75) is 6.18 Å². The minimum Gasteiger partial charge on any atom is -0.493 e. The largest absolute Gasteiger partial charge is 0.493 e. The van der Waals surface area contributed by atoms with E-state index in [1.807, 2.05) is 4.98 Å². The highest BCUT2D eigenvalue weighted by Crippen LogP contribution is 2.37. The van der Waals surface area contributed by atoms with E-state index in [0.29, 0.717) is 6.07 Å². The van der Waals surface area contributed by atoms with Crippen molar-refractivity contribution in [2.75, 3.05) is 12.4 Å². The molecule has 0 fully saturated rings. The van der Waals surface area contributed by atoms with Gasteiger partial charge in [-0.15, -0.1) is 0 Å². The number of halogens is 5. The molecule has 0 unspecified atom stereocenters. The Bertz CT molecular complexity index is 1180. The van der Waals surface area contributed by atoms with Gasteiger partial charge in [0.25, 0.3) is 11.8 Å². The topological polar surface area (TPSA) is 123 Å². The Labute approximate surface area is 170 Å². The second-order valence-corrected chi connectivity index (χ2v) is 6.00. The highest BCUT2D eigenvalue weighted by Gasteiger charge is 2.37. The van der Waals surface area contributed by atoms with Gasteiger partial charge < -0.3 is 20.8 Å². The van der Waals surface area contributed by atoms with Crippen molar-refractivity contribution < 1.29 is 36.3 Å². The number of carbonyl (C=O) groups excluding carboxylic acids is 2. The second kappa shape index (κ2) is 8.01. The molecule has 2 heterocycles. The quantitative estimate of drug-likeness (QED) is 0.525. The maximum atomic E-state index is 14.1. The van der Waals surface area contributed by atoms with Crippen molar-refractivity contribution >= 4 is 17.5 Å². The smallest absolute Gasteiger partial charge is 0.449 e. The Morgan fingerprint density at radius 3 is 2.52 bits per heavy atom. The van der Waals surface area contributed by atoms with Crippen LogP contribution in [0.2, 0.25) is 0 Å². The van der Waals surface area contributed by atoms with Crippen molar-refractivity contribution in [3.05, 3.63) is 59.3 Å². The van der Waals surface area contributed by atoms with Crippen LogP contribution in [0, 0.1) is 11.6 Å². The number of methoxy groups -OCH3 is 1. The number of hydrogen-bond donors (Lipinski definition) is 3. The number of nitrogens with two attached hydrogens (primary N) is 1. The van der Waals surface area contributed by atoms with Gasteiger partial charge in [0.05, 0.1) is 7.11 Å². The Morgan fingerprint density at radius 2 is 1.90 bits per heavy atom. The average Bonchev–Trinajstić information content (AvgIpc) is 3.16. The zero-order valence-corrected chi connectivity index (χ0v) is 15.5. The van der Waals surface area contributed by atoms with E-state index in [2.05, 4.69) is 15.3 Å². The molecule has 4 N–H and O–H groups in total. The molecule has 13 heteroatoms. The normalized spacial score (nSPS) is 11.3. The van der Waals surface area contributed by atoms with Crippen molar-refractivity contribution in [1.29, 1.82) is 0 Å². The van der Waals surface area contributed by atoms with Crippen molar-refractivity contribution in [2.24, 2.45) is 5.73 Å². The van der Waals surface area contributed by atoms with Crippen molar-refractivity contribution in [1.82, 2.24) is 15.0 Å². The molecule has 0 spiro atoms. The Kier molecular flexibility index (Phi) is 5.60. The number of alkyl halides is 3. The summed E-state index contributed by atoms with van der Waals surface area (Å²) in [6, 6.07) is 3.92. The number of anilines is 1. The number of imidazole rings is 1. The van der Waals surface area contributed by atoms with E-state index in [-0.39, 0.29) is 11.4 Å². The summed E-state index contributed by atoms with van der Waals surface area (Å²) in [4.78, 5) is 32.8. The molecule has 1 aromatic carbocycles. The van der Waals surface area contributed by atoms with Gasteiger partial charge in [0.1, 0.15) is 17.1 Å². The molecule has 0 aliphatic heterocycles. The van der Waals surface area contributed by atoms with Crippen LogP contribution in [-0.2, 0) is 6.18 Å². The van der Waals surface area contributed by atoms with Gasteiger partial charge in [0.2, 0.25) is 11.6 Å². The number of rotatable bonds is 5. The van der Waals surface area contributed by atoms with Gasteiger partial charge in [0, 0.05) is 17.4 Å². The SMILES string of the molecule is COc1c(-c2nc(C(F)(F)F)[nH]c2C(=O)Nc2ccnc(C(N)=O)c2)ccc(F)c1F. The monoisotopic (exact) mass is 441 g/mol. The lowest BCUT2D eigenvalue weighted by atomic mass is 10.1. The van der Waals surface area contributed by atoms with Crippen LogP contribution in [0.1, 0.15) is 26.8 Å². The summed E-state index contributed by atoms with van der Waals surface area (Å²) in [7, 11) is 0.973. The number of ether oxygens (including phenoxy) is 1.